The van der Waals surface area contributed by atoms with E-state index in [0.29, 0.717) is 0 Å². The first-order valence-corrected chi connectivity index (χ1v) is 9.01. The topological polar surface area (TPSA) is 60.0 Å². The average molecular weight is 371 g/mol. The Bertz CT molecular complexity index is 1020. The van der Waals surface area contributed by atoms with Crippen molar-refractivity contribution in [1.82, 2.24) is 15.0 Å². The van der Waals surface area contributed by atoms with Gasteiger partial charge >= 0.3 is 0 Å². The Labute approximate surface area is 164 Å². The SMILES string of the molecule is COc1ccc(-c2nc(-c3cccc(C)n3)[nH]c2-c2ccc(OC)cc2)cc1. The third kappa shape index (κ3) is 3.47. The van der Waals surface area contributed by atoms with E-state index in [2.05, 4.69) is 9.97 Å². The first-order chi connectivity index (χ1) is 13.7. The molecule has 0 fully saturated rings. The molecule has 0 unspecified atom stereocenters. The Morgan fingerprint density at radius 2 is 1.32 bits per heavy atom. The maximum Gasteiger partial charge on any atom is 0.157 e. The number of rotatable bonds is 5. The molecule has 0 spiro atoms. The van der Waals surface area contributed by atoms with Gasteiger partial charge in [0, 0.05) is 16.8 Å². The number of imidazole rings is 1. The van der Waals surface area contributed by atoms with E-state index in [-0.39, 0.29) is 0 Å². The molecule has 0 aliphatic rings. The van der Waals surface area contributed by atoms with Gasteiger partial charge in [-0.15, -0.1) is 0 Å². The zero-order valence-electron chi connectivity index (χ0n) is 16.1. The predicted octanol–water partition coefficient (Wildman–Crippen LogP) is 5.13. The number of H-pyrrole nitrogens is 1. The molecule has 4 aromatic rings. The van der Waals surface area contributed by atoms with Crippen molar-refractivity contribution in [1.29, 1.82) is 0 Å². The fourth-order valence-corrected chi connectivity index (χ4v) is 3.09. The number of hydrogen-bond donors (Lipinski definition) is 1. The van der Waals surface area contributed by atoms with Crippen molar-refractivity contribution in [2.75, 3.05) is 14.2 Å². The van der Waals surface area contributed by atoms with Crippen LogP contribution in [-0.4, -0.2) is 29.2 Å². The van der Waals surface area contributed by atoms with Crippen molar-refractivity contribution >= 4 is 0 Å². The number of methoxy groups -OCH3 is 2. The second-order valence-corrected chi connectivity index (χ2v) is 6.43. The summed E-state index contributed by atoms with van der Waals surface area (Å²) in [7, 11) is 3.32. The molecule has 140 valence electrons. The molecule has 0 radical (unpaired) electrons. The number of aromatic amines is 1. The number of aromatic nitrogens is 3. The molecule has 1 N–H and O–H groups in total. The van der Waals surface area contributed by atoms with Gasteiger partial charge in [0.1, 0.15) is 17.2 Å². The molecule has 28 heavy (non-hydrogen) atoms. The van der Waals surface area contributed by atoms with Crippen LogP contribution in [0.25, 0.3) is 34.0 Å². The number of nitrogens with one attached hydrogen (secondary N) is 1. The molecule has 4 rings (SSSR count). The number of benzene rings is 2. The van der Waals surface area contributed by atoms with Gasteiger partial charge in [-0.2, -0.15) is 0 Å². The van der Waals surface area contributed by atoms with Crippen LogP contribution < -0.4 is 9.47 Å². The Hall–Kier alpha value is -3.60. The lowest BCUT2D eigenvalue weighted by Gasteiger charge is -2.06. The Balaban J connectivity index is 1.85. The fourth-order valence-electron chi connectivity index (χ4n) is 3.09. The van der Waals surface area contributed by atoms with Gasteiger partial charge in [-0.25, -0.2) is 9.97 Å². The summed E-state index contributed by atoms with van der Waals surface area (Å²) in [6.45, 7) is 1.97. The van der Waals surface area contributed by atoms with E-state index in [4.69, 9.17) is 14.5 Å². The quantitative estimate of drug-likeness (QED) is 0.528. The van der Waals surface area contributed by atoms with Crippen LogP contribution in [0.2, 0.25) is 0 Å². The third-order valence-electron chi connectivity index (χ3n) is 4.58. The average Bonchev–Trinajstić information content (AvgIpc) is 3.19. The van der Waals surface area contributed by atoms with E-state index in [1.165, 1.54) is 0 Å². The summed E-state index contributed by atoms with van der Waals surface area (Å²) in [5, 5.41) is 0. The monoisotopic (exact) mass is 371 g/mol. The Morgan fingerprint density at radius 3 is 1.89 bits per heavy atom. The molecule has 2 aromatic carbocycles. The smallest absolute Gasteiger partial charge is 0.157 e. The van der Waals surface area contributed by atoms with E-state index < -0.39 is 0 Å². The highest BCUT2D eigenvalue weighted by atomic mass is 16.5. The number of pyridine rings is 1. The van der Waals surface area contributed by atoms with Crippen molar-refractivity contribution < 1.29 is 9.47 Å². The second-order valence-electron chi connectivity index (χ2n) is 6.43. The summed E-state index contributed by atoms with van der Waals surface area (Å²) in [5.74, 6) is 2.36. The fraction of sp³-hybridized carbons (Fsp3) is 0.130. The maximum atomic E-state index is 5.28. The summed E-state index contributed by atoms with van der Waals surface area (Å²) < 4.78 is 10.6. The van der Waals surface area contributed by atoms with Crippen LogP contribution in [-0.2, 0) is 0 Å². The predicted molar refractivity (Wildman–Crippen MR) is 111 cm³/mol. The molecule has 0 saturated heterocycles. The summed E-state index contributed by atoms with van der Waals surface area (Å²) >= 11 is 0. The van der Waals surface area contributed by atoms with Gasteiger partial charge in [-0.1, -0.05) is 6.07 Å². The van der Waals surface area contributed by atoms with Crippen molar-refractivity contribution in [3.8, 4) is 45.5 Å². The number of aryl methyl sites for hydroxylation is 1. The zero-order chi connectivity index (χ0) is 19.5. The number of hydrogen-bond acceptors (Lipinski definition) is 4. The van der Waals surface area contributed by atoms with Crippen LogP contribution >= 0.6 is 0 Å². The van der Waals surface area contributed by atoms with Gasteiger partial charge in [-0.05, 0) is 67.6 Å². The Morgan fingerprint density at radius 1 is 0.714 bits per heavy atom. The summed E-state index contributed by atoms with van der Waals surface area (Å²) in [6, 6.07) is 21.7. The van der Waals surface area contributed by atoms with Crippen LogP contribution in [0.4, 0.5) is 0 Å². The van der Waals surface area contributed by atoms with Crippen molar-refractivity contribution in [2.45, 2.75) is 6.92 Å². The van der Waals surface area contributed by atoms with E-state index in [1.807, 2.05) is 73.7 Å². The molecule has 0 saturated carbocycles. The van der Waals surface area contributed by atoms with Gasteiger partial charge in [0.2, 0.25) is 0 Å². The molecular formula is C23H21N3O2. The van der Waals surface area contributed by atoms with Crippen LogP contribution in [0, 0.1) is 6.92 Å². The minimum Gasteiger partial charge on any atom is -0.497 e. The van der Waals surface area contributed by atoms with Gasteiger partial charge in [0.25, 0.3) is 0 Å². The van der Waals surface area contributed by atoms with E-state index in [0.717, 1.165) is 51.2 Å². The lowest BCUT2D eigenvalue weighted by atomic mass is 10.0. The van der Waals surface area contributed by atoms with E-state index in [9.17, 15) is 0 Å². The van der Waals surface area contributed by atoms with E-state index >= 15 is 0 Å². The van der Waals surface area contributed by atoms with Gasteiger partial charge < -0.3 is 14.5 Å². The van der Waals surface area contributed by atoms with Crippen molar-refractivity contribution in [3.05, 3.63) is 72.4 Å². The van der Waals surface area contributed by atoms with Gasteiger partial charge in [0.05, 0.1) is 25.6 Å². The largest absolute Gasteiger partial charge is 0.497 e. The van der Waals surface area contributed by atoms with Crippen LogP contribution in [0.5, 0.6) is 11.5 Å². The number of nitrogens with zero attached hydrogens (tertiary/aromatic N) is 2. The number of ether oxygens (including phenoxy) is 2. The molecular weight excluding hydrogens is 350 g/mol. The van der Waals surface area contributed by atoms with E-state index in [1.54, 1.807) is 14.2 Å². The van der Waals surface area contributed by atoms with Gasteiger partial charge in [-0.3, -0.25) is 0 Å². The first kappa shape index (κ1) is 17.8. The zero-order valence-corrected chi connectivity index (χ0v) is 16.1. The van der Waals surface area contributed by atoms with Crippen LogP contribution in [0.1, 0.15) is 5.69 Å². The second kappa shape index (κ2) is 7.56. The molecule has 0 aliphatic carbocycles. The molecule has 2 aromatic heterocycles. The van der Waals surface area contributed by atoms with Crippen LogP contribution in [0.15, 0.2) is 66.7 Å². The van der Waals surface area contributed by atoms with Crippen molar-refractivity contribution in [2.24, 2.45) is 0 Å². The lowest BCUT2D eigenvalue weighted by molar-refractivity contribution is 0.414. The maximum absolute atomic E-state index is 5.28. The van der Waals surface area contributed by atoms with Crippen molar-refractivity contribution in [3.63, 3.8) is 0 Å². The molecule has 0 bridgehead atoms. The first-order valence-electron chi connectivity index (χ1n) is 9.01. The molecule has 0 amide bonds. The molecule has 0 atom stereocenters. The minimum absolute atomic E-state index is 0.736. The third-order valence-corrected chi connectivity index (χ3v) is 4.58. The summed E-state index contributed by atoms with van der Waals surface area (Å²) in [5.41, 5.74) is 5.59. The molecule has 5 heteroatoms. The summed E-state index contributed by atoms with van der Waals surface area (Å²) in [6.07, 6.45) is 0. The highest BCUT2D eigenvalue weighted by Crippen LogP contribution is 2.34. The van der Waals surface area contributed by atoms with Gasteiger partial charge in [0.15, 0.2) is 5.82 Å². The highest BCUT2D eigenvalue weighted by Gasteiger charge is 2.16. The highest BCUT2D eigenvalue weighted by molar-refractivity contribution is 5.81. The summed E-state index contributed by atoms with van der Waals surface area (Å²) in [4.78, 5) is 12.9. The van der Waals surface area contributed by atoms with Crippen LogP contribution in [0.3, 0.4) is 0 Å². The Kier molecular flexibility index (Phi) is 4.81. The molecule has 0 aliphatic heterocycles. The normalized spacial score (nSPS) is 10.7. The standard InChI is InChI=1S/C23H21N3O2/c1-15-5-4-6-20(24-15)23-25-21(16-7-11-18(27-2)12-8-16)22(26-23)17-9-13-19(28-3)14-10-17/h4-14H,1-3H3,(H,25,26). The molecule has 5 nitrogen and oxygen atoms in total. The lowest BCUT2D eigenvalue weighted by Crippen LogP contribution is -1.88. The minimum atomic E-state index is 0.736. The molecule has 2 heterocycles.